The summed E-state index contributed by atoms with van der Waals surface area (Å²) in [5.41, 5.74) is 0.457. The molecule has 1 rings (SSSR count). The largest absolute Gasteiger partial charge is 0.435 e. The Labute approximate surface area is 124 Å². The monoisotopic (exact) mass is 322 g/mol. The zero-order valence-electron chi connectivity index (χ0n) is 10.1. The first-order valence-electron chi connectivity index (χ1n) is 5.40. The number of benzene rings is 1. The molecule has 0 aliphatic heterocycles. The van der Waals surface area contributed by atoms with Crippen LogP contribution in [0.2, 0.25) is 0 Å². The summed E-state index contributed by atoms with van der Waals surface area (Å²) in [6, 6.07) is 5.64. The molecule has 0 aliphatic rings. The Bertz CT molecular complexity index is 435. The molecule has 0 saturated heterocycles. The van der Waals surface area contributed by atoms with E-state index in [2.05, 4.69) is 4.74 Å². The van der Waals surface area contributed by atoms with Gasteiger partial charge in [-0.2, -0.15) is 8.78 Å². The number of thioether (sulfide) groups is 2. The Kier molecular flexibility index (Phi) is 7.33. The smallest absolute Gasteiger partial charge is 0.387 e. The maximum absolute atomic E-state index is 12.0. The summed E-state index contributed by atoms with van der Waals surface area (Å²) in [5.74, 6) is 1.07. The topological polar surface area (TPSA) is 26.3 Å². The van der Waals surface area contributed by atoms with E-state index < -0.39 is 6.61 Å². The Morgan fingerprint density at radius 1 is 1.32 bits per heavy atom. The highest BCUT2D eigenvalue weighted by Crippen LogP contribution is 2.20. The fourth-order valence-electron chi connectivity index (χ4n) is 1.19. The summed E-state index contributed by atoms with van der Waals surface area (Å²) < 4.78 is 28.8. The van der Waals surface area contributed by atoms with Crippen LogP contribution in [0.25, 0.3) is 0 Å². The van der Waals surface area contributed by atoms with Crippen LogP contribution in [0.15, 0.2) is 24.3 Å². The lowest BCUT2D eigenvalue weighted by Crippen LogP contribution is -2.05. The maximum atomic E-state index is 12.0. The molecule has 7 heteroatoms. The van der Waals surface area contributed by atoms with Crippen molar-refractivity contribution in [3.63, 3.8) is 0 Å². The van der Waals surface area contributed by atoms with E-state index in [9.17, 15) is 13.6 Å². The van der Waals surface area contributed by atoms with E-state index in [1.165, 1.54) is 47.8 Å². The van der Waals surface area contributed by atoms with Crippen molar-refractivity contribution in [3.05, 3.63) is 29.8 Å². The summed E-state index contributed by atoms with van der Waals surface area (Å²) in [5, 5.41) is 0. The Hall–Kier alpha value is -0.660. The van der Waals surface area contributed by atoms with E-state index in [0.717, 1.165) is 9.28 Å². The van der Waals surface area contributed by atoms with Crippen LogP contribution in [0.3, 0.4) is 0 Å². The third-order valence-corrected chi connectivity index (χ3v) is 4.57. The second kappa shape index (κ2) is 8.50. The first-order chi connectivity index (χ1) is 9.02. The number of Topliss-reactive ketones (excluding diaryl/α,β-unsaturated/α-hetero) is 1. The summed E-state index contributed by atoms with van der Waals surface area (Å²) in [7, 11) is 0. The van der Waals surface area contributed by atoms with Gasteiger partial charge in [-0.3, -0.25) is 4.79 Å². The average Bonchev–Trinajstić information content (AvgIpc) is 2.36. The van der Waals surface area contributed by atoms with Crippen molar-refractivity contribution in [2.75, 3.05) is 11.5 Å². The van der Waals surface area contributed by atoms with E-state index in [1.807, 2.05) is 6.92 Å². The Morgan fingerprint density at radius 3 is 2.47 bits per heavy atom. The second-order valence-electron chi connectivity index (χ2n) is 3.30. The molecule has 0 aliphatic carbocycles. The number of carbonyl (C=O) groups excluding carboxylic acids is 1. The molecular formula is C12H12F2O2S3. The number of halogens is 2. The van der Waals surface area contributed by atoms with Gasteiger partial charge in [0.25, 0.3) is 0 Å². The van der Waals surface area contributed by atoms with E-state index >= 15 is 0 Å². The molecule has 0 spiro atoms. The fourth-order valence-corrected chi connectivity index (χ4v) is 3.23. The molecule has 1 aromatic rings. The van der Waals surface area contributed by atoms with Gasteiger partial charge in [-0.05, 0) is 30.0 Å². The SMILES string of the molecule is CCSC(=S)SCC(=O)c1ccc(OC(F)F)cc1. The predicted molar refractivity (Wildman–Crippen MR) is 80.6 cm³/mol. The first kappa shape index (κ1) is 16.4. The molecule has 0 saturated carbocycles. The number of hydrogen-bond donors (Lipinski definition) is 0. The van der Waals surface area contributed by atoms with Crippen molar-refractivity contribution in [1.82, 2.24) is 0 Å². The van der Waals surface area contributed by atoms with Crippen molar-refractivity contribution in [2.24, 2.45) is 0 Å². The van der Waals surface area contributed by atoms with Gasteiger partial charge in [0.2, 0.25) is 0 Å². The lowest BCUT2D eigenvalue weighted by atomic mass is 10.1. The number of carbonyl (C=O) groups is 1. The molecule has 0 atom stereocenters. The van der Waals surface area contributed by atoms with Crippen LogP contribution < -0.4 is 4.74 Å². The van der Waals surface area contributed by atoms with Crippen molar-refractivity contribution >= 4 is 45.1 Å². The molecule has 0 heterocycles. The molecule has 0 bridgehead atoms. The van der Waals surface area contributed by atoms with Crippen LogP contribution in [-0.2, 0) is 0 Å². The van der Waals surface area contributed by atoms with Gasteiger partial charge in [-0.1, -0.05) is 30.9 Å². The fraction of sp³-hybridized carbons (Fsp3) is 0.333. The van der Waals surface area contributed by atoms with Crippen molar-refractivity contribution in [2.45, 2.75) is 13.5 Å². The zero-order valence-corrected chi connectivity index (χ0v) is 12.5. The predicted octanol–water partition coefficient (Wildman–Crippen LogP) is 4.24. The van der Waals surface area contributed by atoms with Crippen LogP contribution >= 0.6 is 35.7 Å². The number of thiocarbonyl (C=S) groups is 1. The highest BCUT2D eigenvalue weighted by Gasteiger charge is 2.09. The Morgan fingerprint density at radius 2 is 1.95 bits per heavy atom. The lowest BCUT2D eigenvalue weighted by molar-refractivity contribution is -0.0498. The van der Waals surface area contributed by atoms with Gasteiger partial charge in [0.05, 0.1) is 5.75 Å². The first-order valence-corrected chi connectivity index (χ1v) is 7.78. The van der Waals surface area contributed by atoms with Crippen molar-refractivity contribution in [1.29, 1.82) is 0 Å². The molecular weight excluding hydrogens is 310 g/mol. The van der Waals surface area contributed by atoms with E-state index in [-0.39, 0.29) is 17.3 Å². The van der Waals surface area contributed by atoms with Crippen molar-refractivity contribution < 1.29 is 18.3 Å². The third kappa shape index (κ3) is 6.35. The van der Waals surface area contributed by atoms with Gasteiger partial charge in [-0.15, -0.1) is 11.8 Å². The van der Waals surface area contributed by atoms with Gasteiger partial charge in [-0.25, -0.2) is 0 Å². The molecule has 19 heavy (non-hydrogen) atoms. The summed E-state index contributed by atoms with van der Waals surface area (Å²) in [6.45, 7) is -0.873. The standard InChI is InChI=1S/C12H12F2O2S3/c1-2-18-12(17)19-7-10(15)8-3-5-9(6-4-8)16-11(13)14/h3-6,11H,2,7H2,1H3. The second-order valence-corrected chi connectivity index (χ2v) is 6.74. The minimum Gasteiger partial charge on any atom is -0.435 e. The molecule has 0 fully saturated rings. The highest BCUT2D eigenvalue weighted by atomic mass is 32.2. The van der Waals surface area contributed by atoms with E-state index in [4.69, 9.17) is 12.2 Å². The number of rotatable bonds is 6. The minimum atomic E-state index is -2.86. The molecule has 0 aromatic heterocycles. The normalized spacial score (nSPS) is 10.5. The third-order valence-electron chi connectivity index (χ3n) is 1.98. The number of ether oxygens (including phenoxy) is 1. The van der Waals surface area contributed by atoms with Crippen molar-refractivity contribution in [3.8, 4) is 5.75 Å². The summed E-state index contributed by atoms with van der Waals surface area (Å²) >= 11 is 7.89. The maximum Gasteiger partial charge on any atom is 0.387 e. The summed E-state index contributed by atoms with van der Waals surface area (Å²) in [6.07, 6.45) is 0. The van der Waals surface area contributed by atoms with Crippen LogP contribution in [-0.4, -0.2) is 27.4 Å². The van der Waals surface area contributed by atoms with Gasteiger partial charge >= 0.3 is 6.61 Å². The molecule has 104 valence electrons. The lowest BCUT2D eigenvalue weighted by Gasteiger charge is -2.05. The van der Waals surface area contributed by atoms with Crippen LogP contribution in [0.4, 0.5) is 8.78 Å². The quantitative estimate of drug-likeness (QED) is 0.576. The van der Waals surface area contributed by atoms with Gasteiger partial charge in [0, 0.05) is 5.56 Å². The van der Waals surface area contributed by atoms with E-state index in [0.29, 0.717) is 5.56 Å². The number of ketones is 1. The van der Waals surface area contributed by atoms with Gasteiger partial charge < -0.3 is 4.74 Å². The van der Waals surface area contributed by atoms with Gasteiger partial charge in [0.1, 0.15) is 9.28 Å². The minimum absolute atomic E-state index is 0.0382. The molecule has 0 unspecified atom stereocenters. The van der Waals surface area contributed by atoms with Crippen LogP contribution in [0, 0.1) is 0 Å². The molecule has 0 amide bonds. The average molecular weight is 322 g/mol. The molecule has 2 nitrogen and oxygen atoms in total. The molecule has 1 aromatic carbocycles. The molecule has 0 radical (unpaired) electrons. The van der Waals surface area contributed by atoms with Gasteiger partial charge in [0.15, 0.2) is 5.78 Å². The number of alkyl halides is 2. The van der Waals surface area contributed by atoms with E-state index in [1.54, 1.807) is 0 Å². The zero-order chi connectivity index (χ0) is 14.3. The summed E-state index contributed by atoms with van der Waals surface area (Å²) in [4.78, 5) is 11.8. The molecule has 0 N–H and O–H groups in total. The highest BCUT2D eigenvalue weighted by molar-refractivity contribution is 8.47. The number of hydrogen-bond acceptors (Lipinski definition) is 5. The Balaban J connectivity index is 2.51. The van der Waals surface area contributed by atoms with Crippen LogP contribution in [0.1, 0.15) is 17.3 Å². The van der Waals surface area contributed by atoms with Crippen LogP contribution in [0.5, 0.6) is 5.75 Å².